The Balaban J connectivity index is 0.000000221. The molecule has 0 aliphatic carbocycles. The Kier molecular flexibility index (Phi) is 6.12. The molecule has 1 aromatic heterocycles. The Morgan fingerprint density at radius 3 is 2.35 bits per heavy atom. The van der Waals surface area contributed by atoms with Crippen LogP contribution >= 0.6 is 0 Å². The van der Waals surface area contributed by atoms with Gasteiger partial charge >= 0.3 is 11.9 Å². The van der Waals surface area contributed by atoms with Gasteiger partial charge in [-0.05, 0) is 0 Å². The van der Waals surface area contributed by atoms with Crippen molar-refractivity contribution in [1.29, 1.82) is 0 Å². The summed E-state index contributed by atoms with van der Waals surface area (Å²) in [6, 6.07) is 0. The molecule has 0 bridgehead atoms. The minimum Gasteiger partial charge on any atom is -0.478 e. The van der Waals surface area contributed by atoms with E-state index in [1.54, 1.807) is 24.8 Å². The zero-order valence-electron chi connectivity index (χ0n) is 10.3. The molecule has 2 rings (SSSR count). The van der Waals surface area contributed by atoms with Crippen molar-refractivity contribution in [2.45, 2.75) is 0 Å². The highest BCUT2D eigenvalue weighted by atomic mass is 16.4. The Morgan fingerprint density at radius 2 is 1.90 bits per heavy atom. The normalized spacial score (nSPS) is 12.9. The standard InChI is InChI=1S/C8H8N4.C4H4O4/c1-2-11-8(7-10-1)12-5-3-9-4-6-12;5-3(6)1-2-4(7)8/h1-5,7H,6H2;1-2H,(H,5,6)(H,7,8). The van der Waals surface area contributed by atoms with Crippen molar-refractivity contribution in [2.24, 2.45) is 4.99 Å². The van der Waals surface area contributed by atoms with E-state index in [2.05, 4.69) is 15.0 Å². The number of anilines is 1. The molecule has 0 aromatic carbocycles. The van der Waals surface area contributed by atoms with Gasteiger partial charge in [0.05, 0.1) is 12.7 Å². The predicted molar refractivity (Wildman–Crippen MR) is 71.4 cm³/mol. The van der Waals surface area contributed by atoms with Gasteiger partial charge in [0.25, 0.3) is 0 Å². The first-order valence-electron chi connectivity index (χ1n) is 5.44. The summed E-state index contributed by atoms with van der Waals surface area (Å²) in [6.45, 7) is 0.759. The fourth-order valence-corrected chi connectivity index (χ4v) is 1.13. The number of carbonyl (C=O) groups is 2. The van der Waals surface area contributed by atoms with Crippen LogP contribution < -0.4 is 4.90 Å². The summed E-state index contributed by atoms with van der Waals surface area (Å²) < 4.78 is 0. The molecule has 1 aromatic rings. The van der Waals surface area contributed by atoms with Crippen LogP contribution in [0, 0.1) is 0 Å². The lowest BCUT2D eigenvalue weighted by Gasteiger charge is -2.17. The molecule has 2 N–H and O–H groups in total. The number of nitrogens with zero attached hydrogens (tertiary/aromatic N) is 4. The highest BCUT2D eigenvalue weighted by Gasteiger charge is 2.03. The van der Waals surface area contributed by atoms with Crippen LogP contribution in [0.25, 0.3) is 0 Å². The summed E-state index contributed by atoms with van der Waals surface area (Å²) in [7, 11) is 0. The number of aromatic nitrogens is 2. The second kappa shape index (κ2) is 8.14. The first kappa shape index (κ1) is 15.0. The maximum atomic E-state index is 9.55. The largest absolute Gasteiger partial charge is 0.478 e. The van der Waals surface area contributed by atoms with Crippen LogP contribution in [0.3, 0.4) is 0 Å². The molecular weight excluding hydrogens is 264 g/mol. The Hall–Kier alpha value is -3.03. The Labute approximate surface area is 114 Å². The summed E-state index contributed by atoms with van der Waals surface area (Å²) in [4.78, 5) is 33.2. The van der Waals surface area contributed by atoms with Gasteiger partial charge in [0, 0.05) is 43.2 Å². The van der Waals surface area contributed by atoms with E-state index in [0.717, 1.165) is 12.4 Å². The second-order valence-corrected chi connectivity index (χ2v) is 3.36. The average molecular weight is 276 g/mol. The Morgan fingerprint density at radius 1 is 1.20 bits per heavy atom. The van der Waals surface area contributed by atoms with E-state index >= 15 is 0 Å². The molecular formula is C12H12N4O4. The van der Waals surface area contributed by atoms with Gasteiger partial charge in [-0.15, -0.1) is 0 Å². The number of rotatable bonds is 3. The third-order valence-corrected chi connectivity index (χ3v) is 1.93. The predicted octanol–water partition coefficient (Wildman–Crippen LogP) is 0.550. The second-order valence-electron chi connectivity index (χ2n) is 3.36. The maximum Gasteiger partial charge on any atom is 0.328 e. The number of carboxylic acids is 2. The van der Waals surface area contributed by atoms with Crippen molar-refractivity contribution in [2.75, 3.05) is 11.4 Å². The van der Waals surface area contributed by atoms with Gasteiger partial charge in [-0.3, -0.25) is 9.98 Å². The van der Waals surface area contributed by atoms with Crippen molar-refractivity contribution < 1.29 is 19.8 Å². The number of hydrogen-bond acceptors (Lipinski definition) is 6. The highest BCUT2D eigenvalue weighted by molar-refractivity contribution is 5.89. The van der Waals surface area contributed by atoms with Gasteiger partial charge in [-0.1, -0.05) is 0 Å². The van der Waals surface area contributed by atoms with Crippen molar-refractivity contribution in [3.8, 4) is 0 Å². The van der Waals surface area contributed by atoms with Crippen LogP contribution in [0.2, 0.25) is 0 Å². The molecule has 0 atom stereocenters. The topological polar surface area (TPSA) is 116 Å². The van der Waals surface area contributed by atoms with Crippen LogP contribution in [0.4, 0.5) is 5.82 Å². The number of aliphatic imine (C=N–C) groups is 1. The summed E-state index contributed by atoms with van der Waals surface area (Å²) in [6.07, 6.45) is 11.6. The fraction of sp³-hybridized carbons (Fsp3) is 0.0833. The minimum absolute atomic E-state index is 0.558. The first-order chi connectivity index (χ1) is 9.59. The number of carboxylic acid groups (broad SMARTS) is 2. The van der Waals surface area contributed by atoms with Gasteiger partial charge < -0.3 is 15.1 Å². The quantitative estimate of drug-likeness (QED) is 0.774. The van der Waals surface area contributed by atoms with Crippen molar-refractivity contribution in [3.63, 3.8) is 0 Å². The molecule has 1 aliphatic heterocycles. The third kappa shape index (κ3) is 6.05. The number of hydrogen-bond donors (Lipinski definition) is 2. The summed E-state index contributed by atoms with van der Waals surface area (Å²) in [5.41, 5.74) is 0. The lowest BCUT2D eigenvalue weighted by atomic mass is 10.5. The molecule has 0 saturated heterocycles. The van der Waals surface area contributed by atoms with Gasteiger partial charge in [0.1, 0.15) is 0 Å². The molecule has 0 fully saturated rings. The van der Waals surface area contributed by atoms with Gasteiger partial charge in [0.2, 0.25) is 0 Å². The molecule has 0 radical (unpaired) electrons. The van der Waals surface area contributed by atoms with E-state index in [1.807, 2.05) is 17.3 Å². The molecule has 8 heteroatoms. The van der Waals surface area contributed by atoms with Crippen LogP contribution in [0.1, 0.15) is 0 Å². The summed E-state index contributed by atoms with van der Waals surface area (Å²) in [5, 5.41) is 15.6. The molecule has 0 amide bonds. The van der Waals surface area contributed by atoms with E-state index in [-0.39, 0.29) is 0 Å². The Bertz CT molecular complexity index is 524. The third-order valence-electron chi connectivity index (χ3n) is 1.93. The van der Waals surface area contributed by atoms with Crippen molar-refractivity contribution in [3.05, 3.63) is 43.1 Å². The molecule has 8 nitrogen and oxygen atoms in total. The fourth-order valence-electron chi connectivity index (χ4n) is 1.13. The lowest BCUT2D eigenvalue weighted by molar-refractivity contribution is -0.134. The molecule has 20 heavy (non-hydrogen) atoms. The monoisotopic (exact) mass is 276 g/mol. The molecule has 0 saturated carbocycles. The molecule has 2 heterocycles. The molecule has 104 valence electrons. The van der Waals surface area contributed by atoms with Crippen LogP contribution in [-0.4, -0.2) is 44.9 Å². The minimum atomic E-state index is -1.26. The molecule has 0 unspecified atom stereocenters. The van der Waals surface area contributed by atoms with E-state index in [1.165, 1.54) is 0 Å². The van der Waals surface area contributed by atoms with E-state index in [9.17, 15) is 9.59 Å². The summed E-state index contributed by atoms with van der Waals surface area (Å²) in [5.74, 6) is -1.67. The van der Waals surface area contributed by atoms with E-state index in [0.29, 0.717) is 12.2 Å². The summed E-state index contributed by atoms with van der Waals surface area (Å²) >= 11 is 0. The van der Waals surface area contributed by atoms with Crippen LogP contribution in [-0.2, 0) is 9.59 Å². The molecule has 0 spiro atoms. The zero-order chi connectivity index (χ0) is 14.8. The number of aliphatic carboxylic acids is 2. The van der Waals surface area contributed by atoms with E-state index < -0.39 is 11.9 Å². The molecule has 1 aliphatic rings. The van der Waals surface area contributed by atoms with Gasteiger partial charge in [-0.2, -0.15) is 0 Å². The SMILES string of the molecule is C1=CN(c2cnccn2)CC=N1.O=C(O)C=CC(=O)O. The van der Waals surface area contributed by atoms with Crippen LogP contribution in [0.5, 0.6) is 0 Å². The van der Waals surface area contributed by atoms with Crippen molar-refractivity contribution >= 4 is 24.0 Å². The van der Waals surface area contributed by atoms with E-state index in [4.69, 9.17) is 10.2 Å². The maximum absolute atomic E-state index is 9.55. The van der Waals surface area contributed by atoms with Crippen molar-refractivity contribution in [1.82, 2.24) is 9.97 Å². The zero-order valence-corrected chi connectivity index (χ0v) is 10.3. The highest BCUT2D eigenvalue weighted by Crippen LogP contribution is 2.08. The van der Waals surface area contributed by atoms with Crippen LogP contribution in [0.15, 0.2) is 48.1 Å². The van der Waals surface area contributed by atoms with Gasteiger partial charge in [-0.25, -0.2) is 14.6 Å². The smallest absolute Gasteiger partial charge is 0.328 e. The lowest BCUT2D eigenvalue weighted by Crippen LogP contribution is -2.21. The average Bonchev–Trinajstić information content (AvgIpc) is 2.48. The first-order valence-corrected chi connectivity index (χ1v) is 5.44. The van der Waals surface area contributed by atoms with Gasteiger partial charge in [0.15, 0.2) is 5.82 Å².